The molecule has 1 fully saturated rings. The van der Waals surface area contributed by atoms with Crippen molar-refractivity contribution in [2.24, 2.45) is 5.73 Å². The Balaban J connectivity index is 1.98. The molecule has 5 nitrogen and oxygen atoms in total. The van der Waals surface area contributed by atoms with Gasteiger partial charge in [0.05, 0.1) is 12.2 Å². The molecule has 0 aromatic heterocycles. The summed E-state index contributed by atoms with van der Waals surface area (Å²) >= 11 is 4.96. The molecule has 1 amide bonds. The van der Waals surface area contributed by atoms with E-state index in [1.54, 1.807) is 23.1 Å². The molecule has 0 saturated heterocycles. The molecule has 3 N–H and O–H groups in total. The first-order chi connectivity index (χ1) is 10.1. The number of hydrogen-bond donors (Lipinski definition) is 2. The predicted octanol–water partition coefficient (Wildman–Crippen LogP) is 1.07. The van der Waals surface area contributed by atoms with Crippen molar-refractivity contribution >= 4 is 23.1 Å². The fourth-order valence-corrected chi connectivity index (χ4v) is 2.50. The Labute approximate surface area is 129 Å². The Hall–Kier alpha value is -1.66. The lowest BCUT2D eigenvalue weighted by Crippen LogP contribution is -2.47. The summed E-state index contributed by atoms with van der Waals surface area (Å²) in [7, 11) is 0. The van der Waals surface area contributed by atoms with E-state index in [2.05, 4.69) is 0 Å². The number of thiocarbonyl (C=S) groups is 1. The second-order valence-electron chi connectivity index (χ2n) is 5.04. The number of amides is 1. The zero-order valence-electron chi connectivity index (χ0n) is 11.8. The summed E-state index contributed by atoms with van der Waals surface area (Å²) in [5.74, 6) is 0.391. The number of aliphatic hydroxyl groups is 1. The van der Waals surface area contributed by atoms with Crippen molar-refractivity contribution in [3.05, 3.63) is 29.8 Å². The fourth-order valence-electron chi connectivity index (χ4n) is 2.34. The lowest BCUT2D eigenvalue weighted by atomic mass is 9.91. The summed E-state index contributed by atoms with van der Waals surface area (Å²) in [5.41, 5.74) is 6.25. The number of carbonyl (C=O) groups excluding carboxylic acids is 1. The third-order valence-corrected chi connectivity index (χ3v) is 3.90. The Morgan fingerprint density at radius 3 is 2.71 bits per heavy atom. The van der Waals surface area contributed by atoms with Gasteiger partial charge in [-0.3, -0.25) is 4.79 Å². The number of aliphatic hydroxyl groups excluding tert-OH is 1. The van der Waals surface area contributed by atoms with Gasteiger partial charge in [-0.25, -0.2) is 0 Å². The number of hydrogen-bond acceptors (Lipinski definition) is 4. The molecule has 1 saturated carbocycles. The van der Waals surface area contributed by atoms with Crippen LogP contribution in [-0.4, -0.2) is 46.7 Å². The molecule has 1 aliphatic carbocycles. The molecule has 0 aliphatic heterocycles. The summed E-state index contributed by atoms with van der Waals surface area (Å²) < 4.78 is 5.57. The van der Waals surface area contributed by atoms with Gasteiger partial charge in [0.15, 0.2) is 6.61 Å². The first-order valence-corrected chi connectivity index (χ1v) is 7.46. The van der Waals surface area contributed by atoms with Crippen molar-refractivity contribution in [3.8, 4) is 5.75 Å². The Morgan fingerprint density at radius 2 is 2.14 bits per heavy atom. The molecule has 1 aromatic carbocycles. The number of ether oxygens (including phenoxy) is 1. The first-order valence-electron chi connectivity index (χ1n) is 7.05. The second-order valence-corrected chi connectivity index (χ2v) is 5.48. The summed E-state index contributed by atoms with van der Waals surface area (Å²) in [5, 5.41) is 9.09. The maximum absolute atomic E-state index is 12.2. The zero-order valence-corrected chi connectivity index (χ0v) is 12.6. The number of benzene rings is 1. The van der Waals surface area contributed by atoms with E-state index in [0.717, 1.165) is 19.3 Å². The molecule has 1 aromatic rings. The summed E-state index contributed by atoms with van der Waals surface area (Å²) in [4.78, 5) is 14.2. The van der Waals surface area contributed by atoms with Crippen molar-refractivity contribution < 1.29 is 14.6 Å². The molecule has 0 radical (unpaired) electrons. The van der Waals surface area contributed by atoms with Crippen molar-refractivity contribution in [3.63, 3.8) is 0 Å². The van der Waals surface area contributed by atoms with Crippen LogP contribution in [0.5, 0.6) is 5.75 Å². The molecule has 6 heteroatoms. The number of nitrogens with zero attached hydrogens (tertiary/aromatic N) is 1. The smallest absolute Gasteiger partial charge is 0.260 e. The monoisotopic (exact) mass is 308 g/mol. The number of carbonyl (C=O) groups is 1. The van der Waals surface area contributed by atoms with Crippen LogP contribution in [-0.2, 0) is 4.79 Å². The van der Waals surface area contributed by atoms with Crippen LogP contribution < -0.4 is 10.5 Å². The van der Waals surface area contributed by atoms with E-state index in [-0.39, 0.29) is 30.2 Å². The highest BCUT2D eigenvalue weighted by Crippen LogP contribution is 2.25. The first kappa shape index (κ1) is 15.7. The molecule has 0 heterocycles. The highest BCUT2D eigenvalue weighted by Gasteiger charge is 2.28. The Kier molecular flexibility index (Phi) is 5.52. The van der Waals surface area contributed by atoms with Crippen LogP contribution in [0, 0.1) is 0 Å². The lowest BCUT2D eigenvalue weighted by Gasteiger charge is -2.37. The highest BCUT2D eigenvalue weighted by molar-refractivity contribution is 7.80. The van der Waals surface area contributed by atoms with Gasteiger partial charge < -0.3 is 20.5 Å². The molecule has 0 spiro atoms. The average Bonchev–Trinajstić information content (AvgIpc) is 2.42. The van der Waals surface area contributed by atoms with Crippen LogP contribution in [0.2, 0.25) is 0 Å². The van der Waals surface area contributed by atoms with Crippen LogP contribution in [0.1, 0.15) is 24.8 Å². The Bertz CT molecular complexity index is 517. The van der Waals surface area contributed by atoms with E-state index in [4.69, 9.17) is 27.8 Å². The lowest BCUT2D eigenvalue weighted by molar-refractivity contribution is -0.138. The topological polar surface area (TPSA) is 75.8 Å². The molecule has 0 unspecified atom stereocenters. The van der Waals surface area contributed by atoms with Crippen LogP contribution in [0.4, 0.5) is 0 Å². The molecule has 0 bridgehead atoms. The second kappa shape index (κ2) is 7.38. The molecule has 2 rings (SSSR count). The minimum atomic E-state index is -0.119. The van der Waals surface area contributed by atoms with E-state index in [9.17, 15) is 4.79 Å². The predicted molar refractivity (Wildman–Crippen MR) is 84.3 cm³/mol. The summed E-state index contributed by atoms with van der Waals surface area (Å²) in [6.07, 6.45) is 3.12. The molecule has 114 valence electrons. The van der Waals surface area contributed by atoms with Crippen LogP contribution in [0.15, 0.2) is 24.3 Å². The number of para-hydroxylation sites is 1. The van der Waals surface area contributed by atoms with Gasteiger partial charge in [0.1, 0.15) is 10.7 Å². The van der Waals surface area contributed by atoms with Gasteiger partial charge in [-0.15, -0.1) is 0 Å². The third kappa shape index (κ3) is 3.92. The van der Waals surface area contributed by atoms with E-state index >= 15 is 0 Å². The zero-order chi connectivity index (χ0) is 15.2. The van der Waals surface area contributed by atoms with E-state index in [0.29, 0.717) is 17.9 Å². The van der Waals surface area contributed by atoms with Gasteiger partial charge in [0.25, 0.3) is 5.91 Å². The minimum Gasteiger partial charge on any atom is -0.483 e. The summed E-state index contributed by atoms with van der Waals surface area (Å²) in [6.45, 7) is 0.242. The third-order valence-electron chi connectivity index (χ3n) is 3.68. The fraction of sp³-hybridized carbons (Fsp3) is 0.467. The maximum atomic E-state index is 12.2. The minimum absolute atomic E-state index is 0.0360. The normalized spacial score (nSPS) is 14.3. The largest absolute Gasteiger partial charge is 0.483 e. The quantitative estimate of drug-likeness (QED) is 0.737. The van der Waals surface area contributed by atoms with E-state index in [1.165, 1.54) is 0 Å². The van der Waals surface area contributed by atoms with Gasteiger partial charge >= 0.3 is 0 Å². The van der Waals surface area contributed by atoms with Crippen molar-refractivity contribution in [2.45, 2.75) is 25.3 Å². The molecular weight excluding hydrogens is 288 g/mol. The van der Waals surface area contributed by atoms with Gasteiger partial charge in [-0.2, -0.15) is 0 Å². The van der Waals surface area contributed by atoms with Gasteiger partial charge in [-0.1, -0.05) is 24.4 Å². The van der Waals surface area contributed by atoms with Crippen LogP contribution in [0.25, 0.3) is 0 Å². The van der Waals surface area contributed by atoms with E-state index < -0.39 is 0 Å². The van der Waals surface area contributed by atoms with Gasteiger partial charge in [0, 0.05) is 12.6 Å². The Morgan fingerprint density at radius 1 is 1.43 bits per heavy atom. The number of nitrogens with two attached hydrogens (primary N) is 1. The van der Waals surface area contributed by atoms with Gasteiger partial charge in [0.2, 0.25) is 0 Å². The van der Waals surface area contributed by atoms with Gasteiger partial charge in [-0.05, 0) is 31.4 Å². The SMILES string of the molecule is NC(=S)c1ccccc1OCC(=O)N(CCO)C1CCC1. The molecule has 1 aliphatic rings. The average molecular weight is 308 g/mol. The molecular formula is C15H20N2O3S. The number of rotatable bonds is 7. The maximum Gasteiger partial charge on any atom is 0.260 e. The molecule has 0 atom stereocenters. The van der Waals surface area contributed by atoms with E-state index in [1.807, 2.05) is 6.07 Å². The summed E-state index contributed by atoms with van der Waals surface area (Å²) in [6, 6.07) is 7.36. The molecule has 21 heavy (non-hydrogen) atoms. The van der Waals surface area contributed by atoms with Crippen molar-refractivity contribution in [1.82, 2.24) is 4.90 Å². The van der Waals surface area contributed by atoms with Crippen LogP contribution in [0.3, 0.4) is 0 Å². The highest BCUT2D eigenvalue weighted by atomic mass is 32.1. The van der Waals surface area contributed by atoms with Crippen LogP contribution >= 0.6 is 12.2 Å². The van der Waals surface area contributed by atoms with Crippen molar-refractivity contribution in [1.29, 1.82) is 0 Å². The standard InChI is InChI=1S/C15H20N2O3S/c16-15(21)12-6-1-2-7-13(12)20-10-14(19)17(8-9-18)11-4-3-5-11/h1-2,6-7,11,18H,3-5,8-10H2,(H2,16,21). The van der Waals surface area contributed by atoms with Crippen molar-refractivity contribution in [2.75, 3.05) is 19.8 Å².